The van der Waals surface area contributed by atoms with Gasteiger partial charge in [-0.15, -0.1) is 0 Å². The minimum Gasteiger partial charge on any atom is -0.398 e. The van der Waals surface area contributed by atoms with Gasteiger partial charge in [0, 0.05) is 20.2 Å². The van der Waals surface area contributed by atoms with E-state index in [2.05, 4.69) is 0 Å². The van der Waals surface area contributed by atoms with Gasteiger partial charge in [0.1, 0.15) is 10.7 Å². The van der Waals surface area contributed by atoms with Crippen LogP contribution in [0.5, 0.6) is 0 Å². The number of hydrogen-bond acceptors (Lipinski definition) is 4. The molecule has 0 heterocycles. The van der Waals surface area contributed by atoms with Gasteiger partial charge in [-0.3, -0.25) is 0 Å². The van der Waals surface area contributed by atoms with Gasteiger partial charge < -0.3 is 10.5 Å². The fourth-order valence-corrected chi connectivity index (χ4v) is 3.07. The number of hydrogen-bond donors (Lipinski definition) is 1. The third-order valence-electron chi connectivity index (χ3n) is 2.49. The van der Waals surface area contributed by atoms with Gasteiger partial charge in [-0.2, -0.15) is 4.31 Å². The van der Waals surface area contributed by atoms with Crippen LogP contribution in [0.2, 0.25) is 0 Å². The Kier molecular flexibility index (Phi) is 5.06. The van der Waals surface area contributed by atoms with Crippen LogP contribution in [0.15, 0.2) is 23.1 Å². The van der Waals surface area contributed by atoms with Crippen LogP contribution in [-0.4, -0.2) is 39.5 Å². The predicted molar refractivity (Wildman–Crippen MR) is 67.1 cm³/mol. The maximum absolute atomic E-state index is 13.1. The molecule has 1 aromatic carbocycles. The number of nitrogen functional groups attached to an aromatic ring is 1. The fraction of sp³-hybridized carbons (Fsp3) is 0.455. The van der Waals surface area contributed by atoms with Crippen molar-refractivity contribution >= 4 is 15.7 Å². The number of sulfonamides is 1. The molecular formula is C11H17FN2O3S. The number of rotatable bonds is 6. The standard InChI is InChI=1S/C11H17FN2O3S/c1-3-14(6-7-17-2)18(15,16)11-8-9(12)4-5-10(11)13/h4-5,8H,3,6-7,13H2,1-2H3. The lowest BCUT2D eigenvalue weighted by atomic mass is 10.3. The normalized spacial score (nSPS) is 12.0. The summed E-state index contributed by atoms with van der Waals surface area (Å²) in [5.74, 6) is -0.634. The number of ether oxygens (including phenoxy) is 1. The molecule has 0 saturated carbocycles. The number of benzene rings is 1. The minimum atomic E-state index is -3.79. The summed E-state index contributed by atoms with van der Waals surface area (Å²) in [4.78, 5) is -0.208. The molecule has 7 heteroatoms. The Labute approximate surface area is 106 Å². The molecular weight excluding hydrogens is 259 g/mol. The molecule has 0 bridgehead atoms. The van der Waals surface area contributed by atoms with E-state index in [1.807, 2.05) is 0 Å². The molecule has 0 saturated heterocycles. The van der Waals surface area contributed by atoms with E-state index in [1.54, 1.807) is 6.92 Å². The molecule has 5 nitrogen and oxygen atoms in total. The molecule has 0 aliphatic rings. The van der Waals surface area contributed by atoms with Crippen LogP contribution in [0, 0.1) is 5.82 Å². The molecule has 1 aromatic rings. The van der Waals surface area contributed by atoms with Crippen molar-refractivity contribution < 1.29 is 17.5 Å². The summed E-state index contributed by atoms with van der Waals surface area (Å²) in [7, 11) is -2.31. The number of methoxy groups -OCH3 is 1. The van der Waals surface area contributed by atoms with E-state index in [0.29, 0.717) is 0 Å². The zero-order chi connectivity index (χ0) is 13.8. The molecule has 0 aliphatic carbocycles. The van der Waals surface area contributed by atoms with E-state index in [0.717, 1.165) is 12.1 Å². The third-order valence-corrected chi connectivity index (χ3v) is 4.52. The van der Waals surface area contributed by atoms with Crippen LogP contribution < -0.4 is 5.73 Å². The number of halogens is 1. The molecule has 0 spiro atoms. The van der Waals surface area contributed by atoms with Crippen LogP contribution in [0.25, 0.3) is 0 Å². The lowest BCUT2D eigenvalue weighted by Gasteiger charge is -2.20. The van der Waals surface area contributed by atoms with Crippen LogP contribution in [-0.2, 0) is 14.8 Å². The molecule has 0 aromatic heterocycles. The Balaban J connectivity index is 3.14. The first-order chi connectivity index (χ1) is 8.43. The molecule has 0 unspecified atom stereocenters. The van der Waals surface area contributed by atoms with Gasteiger partial charge in [0.05, 0.1) is 12.3 Å². The van der Waals surface area contributed by atoms with Crippen LogP contribution in [0.3, 0.4) is 0 Å². The van der Waals surface area contributed by atoms with Crippen molar-refractivity contribution in [2.24, 2.45) is 0 Å². The van der Waals surface area contributed by atoms with E-state index < -0.39 is 15.8 Å². The van der Waals surface area contributed by atoms with Gasteiger partial charge in [0.15, 0.2) is 0 Å². The van der Waals surface area contributed by atoms with E-state index in [4.69, 9.17) is 10.5 Å². The van der Waals surface area contributed by atoms with E-state index in [9.17, 15) is 12.8 Å². The first-order valence-corrected chi connectivity index (χ1v) is 6.91. The highest BCUT2D eigenvalue weighted by Gasteiger charge is 2.25. The number of nitrogens with zero attached hydrogens (tertiary/aromatic N) is 1. The van der Waals surface area contributed by atoms with Crippen molar-refractivity contribution in [1.82, 2.24) is 4.31 Å². The summed E-state index contributed by atoms with van der Waals surface area (Å²) in [5.41, 5.74) is 5.63. The molecule has 1 rings (SSSR count). The Morgan fingerprint density at radius 2 is 2.11 bits per heavy atom. The predicted octanol–water partition coefficient (Wildman–Crippen LogP) is 1.06. The quantitative estimate of drug-likeness (QED) is 0.789. The zero-order valence-electron chi connectivity index (χ0n) is 10.4. The third kappa shape index (κ3) is 3.18. The van der Waals surface area contributed by atoms with Crippen LogP contribution >= 0.6 is 0 Å². The zero-order valence-corrected chi connectivity index (χ0v) is 11.2. The first kappa shape index (κ1) is 14.9. The molecule has 0 aliphatic heterocycles. The van der Waals surface area contributed by atoms with Crippen molar-refractivity contribution in [3.63, 3.8) is 0 Å². The summed E-state index contributed by atoms with van der Waals surface area (Å²) in [5, 5.41) is 0. The fourth-order valence-electron chi connectivity index (χ4n) is 1.51. The van der Waals surface area contributed by atoms with Crippen LogP contribution in [0.4, 0.5) is 10.1 Å². The number of nitrogens with two attached hydrogens (primary N) is 1. The lowest BCUT2D eigenvalue weighted by Crippen LogP contribution is -2.34. The molecule has 102 valence electrons. The smallest absolute Gasteiger partial charge is 0.245 e. The summed E-state index contributed by atoms with van der Waals surface area (Å²) in [6.45, 7) is 2.43. The molecule has 0 atom stereocenters. The van der Waals surface area contributed by atoms with Gasteiger partial charge in [0.25, 0.3) is 0 Å². The first-order valence-electron chi connectivity index (χ1n) is 5.47. The largest absolute Gasteiger partial charge is 0.398 e. The monoisotopic (exact) mass is 276 g/mol. The van der Waals surface area contributed by atoms with Crippen molar-refractivity contribution in [3.8, 4) is 0 Å². The Morgan fingerprint density at radius 3 is 2.67 bits per heavy atom. The summed E-state index contributed by atoms with van der Waals surface area (Å²) < 4.78 is 43.7. The Bertz CT molecular complexity index is 505. The topological polar surface area (TPSA) is 72.6 Å². The number of anilines is 1. The Morgan fingerprint density at radius 1 is 1.44 bits per heavy atom. The minimum absolute atomic E-state index is 0.0345. The number of likely N-dealkylation sites (N-methyl/N-ethyl adjacent to an activating group) is 1. The van der Waals surface area contributed by atoms with Gasteiger partial charge in [-0.25, -0.2) is 12.8 Å². The summed E-state index contributed by atoms with van der Waals surface area (Å²) >= 11 is 0. The highest BCUT2D eigenvalue weighted by atomic mass is 32.2. The second-order valence-corrected chi connectivity index (χ2v) is 5.58. The van der Waals surface area contributed by atoms with Crippen molar-refractivity contribution in [3.05, 3.63) is 24.0 Å². The van der Waals surface area contributed by atoms with E-state index >= 15 is 0 Å². The van der Waals surface area contributed by atoms with Crippen molar-refractivity contribution in [2.45, 2.75) is 11.8 Å². The van der Waals surface area contributed by atoms with Gasteiger partial charge in [-0.05, 0) is 18.2 Å². The van der Waals surface area contributed by atoms with Gasteiger partial charge in [0.2, 0.25) is 10.0 Å². The molecule has 0 radical (unpaired) electrons. The lowest BCUT2D eigenvalue weighted by molar-refractivity contribution is 0.180. The second kappa shape index (κ2) is 6.12. The molecule has 2 N–H and O–H groups in total. The average molecular weight is 276 g/mol. The van der Waals surface area contributed by atoms with E-state index in [1.165, 1.54) is 17.5 Å². The van der Waals surface area contributed by atoms with Crippen LogP contribution in [0.1, 0.15) is 6.92 Å². The van der Waals surface area contributed by atoms with Crippen molar-refractivity contribution in [2.75, 3.05) is 32.5 Å². The molecule has 0 fully saturated rings. The molecule has 18 heavy (non-hydrogen) atoms. The summed E-state index contributed by atoms with van der Waals surface area (Å²) in [6, 6.07) is 3.30. The second-order valence-electron chi connectivity index (χ2n) is 3.67. The van der Waals surface area contributed by atoms with Crippen molar-refractivity contribution in [1.29, 1.82) is 0 Å². The highest BCUT2D eigenvalue weighted by Crippen LogP contribution is 2.23. The van der Waals surface area contributed by atoms with Gasteiger partial charge in [-0.1, -0.05) is 6.92 Å². The maximum Gasteiger partial charge on any atom is 0.245 e. The summed E-state index contributed by atoms with van der Waals surface area (Å²) in [6.07, 6.45) is 0. The maximum atomic E-state index is 13.1. The average Bonchev–Trinajstić information content (AvgIpc) is 2.33. The highest BCUT2D eigenvalue weighted by molar-refractivity contribution is 7.89. The van der Waals surface area contributed by atoms with Gasteiger partial charge >= 0.3 is 0 Å². The SMILES string of the molecule is CCN(CCOC)S(=O)(=O)c1cc(F)ccc1N. The Hall–Kier alpha value is -1.18. The van der Waals surface area contributed by atoms with E-state index in [-0.39, 0.29) is 30.3 Å². The molecule has 0 amide bonds.